The van der Waals surface area contributed by atoms with Crippen molar-refractivity contribution in [2.45, 2.75) is 174 Å². The third-order valence-electron chi connectivity index (χ3n) is 9.97. The number of ether oxygens (including phenoxy) is 2. The van der Waals surface area contributed by atoms with Crippen LogP contribution < -0.4 is 4.89 Å². The van der Waals surface area contributed by atoms with Crippen molar-refractivity contribution in [2.24, 2.45) is 0 Å². The van der Waals surface area contributed by atoms with Crippen LogP contribution in [-0.2, 0) is 32.7 Å². The van der Waals surface area contributed by atoms with Crippen LogP contribution in [0.25, 0.3) is 0 Å². The molecule has 2 atom stereocenters. The van der Waals surface area contributed by atoms with Crippen LogP contribution >= 0.6 is 7.82 Å². The summed E-state index contributed by atoms with van der Waals surface area (Å²) in [5.74, 6) is -0.930. The van der Waals surface area contributed by atoms with Crippen LogP contribution in [0, 0.1) is 0 Å². The first kappa shape index (κ1) is 62.4. The highest BCUT2D eigenvalue weighted by Crippen LogP contribution is 2.38. The summed E-state index contributed by atoms with van der Waals surface area (Å²) in [6.07, 6.45) is 65.2. The molecule has 0 aliphatic carbocycles. The summed E-state index contributed by atoms with van der Waals surface area (Å²) in [4.78, 5) is 37.7. The maximum Gasteiger partial charge on any atom is 0.306 e. The molecule has 0 aliphatic rings. The lowest BCUT2D eigenvalue weighted by molar-refractivity contribution is -0.870. The molecule has 0 rings (SSSR count). The topological polar surface area (TPSA) is 111 Å². The minimum atomic E-state index is -4.66. The number of phosphoric ester groups is 1. The summed E-state index contributed by atoms with van der Waals surface area (Å²) >= 11 is 0. The van der Waals surface area contributed by atoms with Gasteiger partial charge >= 0.3 is 11.9 Å². The van der Waals surface area contributed by atoms with Gasteiger partial charge in [-0.25, -0.2) is 0 Å². The van der Waals surface area contributed by atoms with Crippen LogP contribution in [0.1, 0.15) is 168 Å². The number of unbranched alkanes of at least 4 members (excludes halogenated alkanes) is 10. The SMILES string of the molecule is CC/C=C\C/C=C\C/C=C\C/C=C\C/C=C\C/C=C\C/C=C\CCCC(=O)OC(COC(=O)CCCCCCCC/C=C\C/C=C\C/C=C\CCCCC)COP(=O)([O-])OCC[N+](C)(C)C. The van der Waals surface area contributed by atoms with E-state index in [-0.39, 0.29) is 26.1 Å². The second-order valence-electron chi connectivity index (χ2n) is 17.4. The first-order valence-electron chi connectivity index (χ1n) is 25.2. The molecule has 0 fully saturated rings. The Kier molecular flexibility index (Phi) is 44.0. The standard InChI is InChI=1S/C56H92NO8P/c1-6-8-10-12-14-16-18-20-22-24-26-27-28-29-31-33-35-37-39-41-43-45-47-49-56(59)65-54(53-64-66(60,61)63-51-50-57(3,4)5)52-62-55(58)48-46-44-42-40-38-36-34-32-30-25-23-21-19-17-15-13-11-9-7-2/h8,10,14-17,20-23,26-27,29-32,35,37,41,43,54H,6-7,9,11-13,18-19,24-25,28,33-34,36,38-40,42,44-53H2,1-5H3/b10-8-,16-14-,17-15-,22-20-,23-21-,27-26-,31-29-,32-30-,37-35-,43-41-. The smallest absolute Gasteiger partial charge is 0.306 e. The van der Waals surface area contributed by atoms with Gasteiger partial charge in [-0.3, -0.25) is 14.2 Å². The number of phosphoric acid groups is 1. The van der Waals surface area contributed by atoms with Crippen LogP contribution in [0.5, 0.6) is 0 Å². The van der Waals surface area contributed by atoms with Gasteiger partial charge in [-0.05, 0) is 103 Å². The van der Waals surface area contributed by atoms with E-state index in [1.807, 2.05) is 27.2 Å². The Hall–Kier alpha value is -3.59. The Balaban J connectivity index is 4.44. The zero-order chi connectivity index (χ0) is 48.5. The van der Waals surface area contributed by atoms with E-state index in [1.54, 1.807) is 0 Å². The summed E-state index contributed by atoms with van der Waals surface area (Å²) in [6, 6.07) is 0. The molecule has 0 aromatic rings. The lowest BCUT2D eigenvalue weighted by atomic mass is 10.1. The van der Waals surface area contributed by atoms with Crippen molar-refractivity contribution in [1.82, 2.24) is 0 Å². The van der Waals surface area contributed by atoms with Crippen LogP contribution in [0.2, 0.25) is 0 Å². The largest absolute Gasteiger partial charge is 0.756 e. The van der Waals surface area contributed by atoms with Crippen LogP contribution in [0.15, 0.2) is 122 Å². The molecule has 0 amide bonds. The number of carbonyl (C=O) groups is 2. The van der Waals surface area contributed by atoms with E-state index in [9.17, 15) is 19.0 Å². The second-order valence-corrected chi connectivity index (χ2v) is 18.9. The number of allylic oxidation sites excluding steroid dienone is 20. The highest BCUT2D eigenvalue weighted by Gasteiger charge is 2.21. The number of carbonyl (C=O) groups excluding carboxylic acids is 2. The minimum Gasteiger partial charge on any atom is -0.756 e. The normalized spacial score (nSPS) is 14.5. The molecule has 0 aromatic heterocycles. The summed E-state index contributed by atoms with van der Waals surface area (Å²) in [6.45, 7) is 3.98. The zero-order valence-electron chi connectivity index (χ0n) is 42.1. The Morgan fingerprint density at radius 1 is 0.485 bits per heavy atom. The number of likely N-dealkylation sites (N-methyl/N-ethyl adjacent to an activating group) is 1. The van der Waals surface area contributed by atoms with Crippen LogP contribution in [-0.4, -0.2) is 70.0 Å². The fourth-order valence-electron chi connectivity index (χ4n) is 6.06. The maximum atomic E-state index is 12.7. The quantitative estimate of drug-likeness (QED) is 0.0195. The Labute approximate surface area is 403 Å². The molecular formula is C56H92NO8P. The number of hydrogen-bond acceptors (Lipinski definition) is 8. The van der Waals surface area contributed by atoms with E-state index in [4.69, 9.17) is 18.5 Å². The molecule has 0 N–H and O–H groups in total. The Bertz CT molecular complexity index is 1530. The fraction of sp³-hybridized carbons (Fsp3) is 0.607. The van der Waals surface area contributed by atoms with Crippen LogP contribution in [0.4, 0.5) is 0 Å². The molecule has 9 nitrogen and oxygen atoms in total. The van der Waals surface area contributed by atoms with E-state index >= 15 is 0 Å². The molecule has 2 unspecified atom stereocenters. The lowest BCUT2D eigenvalue weighted by Gasteiger charge is -2.28. The molecule has 0 saturated carbocycles. The predicted molar refractivity (Wildman–Crippen MR) is 277 cm³/mol. The molecule has 0 heterocycles. The molecule has 0 radical (unpaired) electrons. The number of quaternary nitrogens is 1. The van der Waals surface area contributed by atoms with E-state index in [0.29, 0.717) is 30.3 Å². The van der Waals surface area contributed by atoms with Gasteiger partial charge in [-0.1, -0.05) is 174 Å². The van der Waals surface area contributed by atoms with Gasteiger partial charge in [-0.2, -0.15) is 0 Å². The molecule has 66 heavy (non-hydrogen) atoms. The van der Waals surface area contributed by atoms with Gasteiger partial charge in [0.1, 0.15) is 19.8 Å². The summed E-state index contributed by atoms with van der Waals surface area (Å²) in [7, 11) is 1.10. The zero-order valence-corrected chi connectivity index (χ0v) is 43.0. The first-order valence-corrected chi connectivity index (χ1v) is 26.7. The number of esters is 2. The molecule has 374 valence electrons. The Morgan fingerprint density at radius 3 is 1.33 bits per heavy atom. The third kappa shape index (κ3) is 49.8. The molecule has 0 bridgehead atoms. The summed E-state index contributed by atoms with van der Waals surface area (Å²) in [5, 5.41) is 0. The van der Waals surface area contributed by atoms with Crippen molar-refractivity contribution in [3.05, 3.63) is 122 Å². The second kappa shape index (κ2) is 46.5. The molecule has 10 heteroatoms. The van der Waals surface area contributed by atoms with Gasteiger partial charge in [0, 0.05) is 12.8 Å². The highest BCUT2D eigenvalue weighted by atomic mass is 31.2. The monoisotopic (exact) mass is 938 g/mol. The van der Waals surface area contributed by atoms with Crippen molar-refractivity contribution >= 4 is 19.8 Å². The summed E-state index contributed by atoms with van der Waals surface area (Å²) < 4.78 is 33.9. The fourth-order valence-corrected chi connectivity index (χ4v) is 6.79. The number of nitrogens with zero attached hydrogens (tertiary/aromatic N) is 1. The van der Waals surface area contributed by atoms with Gasteiger partial charge < -0.3 is 27.9 Å². The molecular weight excluding hydrogens is 846 g/mol. The van der Waals surface area contributed by atoms with Crippen molar-refractivity contribution < 1.29 is 42.1 Å². The number of rotatable bonds is 44. The molecule has 0 saturated heterocycles. The van der Waals surface area contributed by atoms with Crippen molar-refractivity contribution in [3.63, 3.8) is 0 Å². The van der Waals surface area contributed by atoms with Crippen molar-refractivity contribution in [2.75, 3.05) is 47.5 Å². The highest BCUT2D eigenvalue weighted by molar-refractivity contribution is 7.45. The van der Waals surface area contributed by atoms with Gasteiger partial charge in [0.25, 0.3) is 7.82 Å². The van der Waals surface area contributed by atoms with E-state index in [0.717, 1.165) is 96.3 Å². The predicted octanol–water partition coefficient (Wildman–Crippen LogP) is 14.6. The minimum absolute atomic E-state index is 0.0516. The van der Waals surface area contributed by atoms with Gasteiger partial charge in [0.2, 0.25) is 0 Å². The van der Waals surface area contributed by atoms with Gasteiger partial charge in [0.05, 0.1) is 27.7 Å². The van der Waals surface area contributed by atoms with Crippen molar-refractivity contribution in [1.29, 1.82) is 0 Å². The molecule has 0 aromatic carbocycles. The lowest BCUT2D eigenvalue weighted by Crippen LogP contribution is -2.37. The molecule has 0 spiro atoms. The average Bonchev–Trinajstić information content (AvgIpc) is 3.27. The van der Waals surface area contributed by atoms with Gasteiger partial charge in [0.15, 0.2) is 6.10 Å². The van der Waals surface area contributed by atoms with E-state index in [1.165, 1.54) is 25.7 Å². The van der Waals surface area contributed by atoms with E-state index < -0.39 is 32.5 Å². The van der Waals surface area contributed by atoms with E-state index in [2.05, 4.69) is 129 Å². The first-order chi connectivity index (χ1) is 32.0. The third-order valence-corrected chi connectivity index (χ3v) is 10.9. The van der Waals surface area contributed by atoms with Crippen LogP contribution in [0.3, 0.4) is 0 Å². The Morgan fingerprint density at radius 2 is 0.879 bits per heavy atom. The maximum absolute atomic E-state index is 12.7. The number of hydrogen-bond donors (Lipinski definition) is 0. The van der Waals surface area contributed by atoms with Crippen molar-refractivity contribution in [3.8, 4) is 0 Å². The van der Waals surface area contributed by atoms with Gasteiger partial charge in [-0.15, -0.1) is 0 Å². The average molecular weight is 938 g/mol. The molecule has 0 aliphatic heterocycles. The summed E-state index contributed by atoms with van der Waals surface area (Å²) in [5.41, 5.74) is 0.